The first-order valence-electron chi connectivity index (χ1n) is 10.4. The summed E-state index contributed by atoms with van der Waals surface area (Å²) >= 11 is 6.76. The molecule has 0 saturated carbocycles. The first kappa shape index (κ1) is 22.4. The molecule has 0 bridgehead atoms. The second-order valence-corrected chi connectivity index (χ2v) is 9.39. The maximum absolute atomic E-state index is 12.9. The van der Waals surface area contributed by atoms with Crippen molar-refractivity contribution in [2.24, 2.45) is 0 Å². The van der Waals surface area contributed by atoms with Crippen LogP contribution in [0, 0.1) is 0 Å². The van der Waals surface area contributed by atoms with Crippen molar-refractivity contribution in [2.45, 2.75) is 6.54 Å². The molecule has 0 atom stereocenters. The van der Waals surface area contributed by atoms with Crippen molar-refractivity contribution in [1.82, 2.24) is 0 Å². The zero-order valence-electron chi connectivity index (χ0n) is 17.7. The minimum Gasteiger partial charge on any atom is -0.419 e. The van der Waals surface area contributed by atoms with Crippen LogP contribution in [0.1, 0.15) is 26.3 Å². The number of halogens is 2. The number of rotatable bonds is 4. The van der Waals surface area contributed by atoms with E-state index in [-0.39, 0.29) is 11.5 Å². The molecule has 1 aliphatic rings. The van der Waals surface area contributed by atoms with Gasteiger partial charge in [-0.05, 0) is 75.6 Å². The van der Waals surface area contributed by atoms with E-state index < -0.39 is 11.9 Å². The summed E-state index contributed by atoms with van der Waals surface area (Å²) in [5.74, 6) is -0.775. The molecule has 0 aromatic heterocycles. The van der Waals surface area contributed by atoms with Crippen LogP contribution >= 0.6 is 31.9 Å². The zero-order chi connectivity index (χ0) is 23.7. The van der Waals surface area contributed by atoms with Crippen LogP contribution < -0.4 is 14.8 Å². The quantitative estimate of drug-likeness (QED) is 0.204. The van der Waals surface area contributed by atoms with Crippen molar-refractivity contribution in [2.75, 3.05) is 5.32 Å². The highest BCUT2D eigenvalue weighted by Gasteiger charge is 2.23. The molecule has 5 rings (SSSR count). The Labute approximate surface area is 213 Å². The van der Waals surface area contributed by atoms with Gasteiger partial charge in [0.25, 0.3) is 0 Å². The van der Waals surface area contributed by atoms with E-state index >= 15 is 0 Å². The third-order valence-electron chi connectivity index (χ3n) is 5.42. The molecule has 0 saturated heterocycles. The average molecular weight is 579 g/mol. The van der Waals surface area contributed by atoms with Crippen LogP contribution in [-0.4, -0.2) is 11.9 Å². The summed E-state index contributed by atoms with van der Waals surface area (Å²) in [4.78, 5) is 25.9. The molecular weight excluding hydrogens is 562 g/mol. The van der Waals surface area contributed by atoms with E-state index in [4.69, 9.17) is 9.47 Å². The lowest BCUT2D eigenvalue weighted by molar-refractivity contribution is 0.0682. The standard InChI is InChI=1S/C27H17Br2NO4/c28-18-7-5-6-16(12-18)26(31)33-25-14-21-17(15-30-23-11-4-2-8-19(21)23)13-24(25)34-27(32)20-9-1-3-10-22(20)29/h1-14,30H,15H2. The second kappa shape index (κ2) is 9.44. The maximum Gasteiger partial charge on any atom is 0.344 e. The highest BCUT2D eigenvalue weighted by Crippen LogP contribution is 2.42. The van der Waals surface area contributed by atoms with Crippen molar-refractivity contribution in [3.63, 3.8) is 0 Å². The molecule has 0 aliphatic carbocycles. The molecular formula is C27H17Br2NO4. The average Bonchev–Trinajstić information content (AvgIpc) is 2.84. The molecule has 0 unspecified atom stereocenters. The molecule has 0 fully saturated rings. The summed E-state index contributed by atoms with van der Waals surface area (Å²) in [5.41, 5.74) is 4.54. The number of benzene rings is 4. The summed E-state index contributed by atoms with van der Waals surface area (Å²) in [6.07, 6.45) is 0. The van der Waals surface area contributed by atoms with Gasteiger partial charge in [-0.3, -0.25) is 0 Å². The van der Waals surface area contributed by atoms with E-state index in [1.54, 1.807) is 48.5 Å². The van der Waals surface area contributed by atoms with Gasteiger partial charge in [-0.2, -0.15) is 0 Å². The summed E-state index contributed by atoms with van der Waals surface area (Å²) in [5, 5.41) is 3.37. The highest BCUT2D eigenvalue weighted by atomic mass is 79.9. The van der Waals surface area contributed by atoms with Crippen molar-refractivity contribution in [1.29, 1.82) is 0 Å². The van der Waals surface area contributed by atoms with Crippen molar-refractivity contribution in [3.05, 3.63) is 111 Å². The normalized spacial score (nSPS) is 11.6. The highest BCUT2D eigenvalue weighted by molar-refractivity contribution is 9.10. The van der Waals surface area contributed by atoms with E-state index in [0.29, 0.717) is 22.1 Å². The SMILES string of the molecule is O=C(Oc1cc2c(cc1OC(=O)c1ccccc1Br)CNc1ccccc1-2)c1cccc(Br)c1. The summed E-state index contributed by atoms with van der Waals surface area (Å²) in [6, 6.07) is 25.3. The van der Waals surface area contributed by atoms with Gasteiger partial charge in [0.2, 0.25) is 0 Å². The summed E-state index contributed by atoms with van der Waals surface area (Å²) in [7, 11) is 0. The number of carbonyl (C=O) groups is 2. The monoisotopic (exact) mass is 577 g/mol. The third-order valence-corrected chi connectivity index (χ3v) is 6.60. The van der Waals surface area contributed by atoms with Crippen LogP contribution in [0.5, 0.6) is 11.5 Å². The number of hydrogen-bond acceptors (Lipinski definition) is 5. The van der Waals surface area contributed by atoms with E-state index in [9.17, 15) is 9.59 Å². The molecule has 1 N–H and O–H groups in total. The molecule has 4 aromatic carbocycles. The molecule has 4 aromatic rings. The number of anilines is 1. The van der Waals surface area contributed by atoms with Gasteiger partial charge in [0, 0.05) is 26.7 Å². The Morgan fingerprint density at radius 1 is 0.735 bits per heavy atom. The van der Waals surface area contributed by atoms with Crippen LogP contribution in [0.25, 0.3) is 11.1 Å². The number of fused-ring (bicyclic) bond motifs is 3. The van der Waals surface area contributed by atoms with Crippen LogP contribution in [0.15, 0.2) is 93.9 Å². The molecule has 34 heavy (non-hydrogen) atoms. The van der Waals surface area contributed by atoms with Crippen LogP contribution in [0.2, 0.25) is 0 Å². The Hall–Kier alpha value is -3.42. The first-order chi connectivity index (χ1) is 16.5. The minimum atomic E-state index is -0.559. The fraction of sp³-hybridized carbons (Fsp3) is 0.0370. The molecule has 168 valence electrons. The van der Waals surface area contributed by atoms with Gasteiger partial charge in [-0.1, -0.05) is 52.3 Å². The van der Waals surface area contributed by atoms with Crippen LogP contribution in [-0.2, 0) is 6.54 Å². The van der Waals surface area contributed by atoms with Gasteiger partial charge in [0.15, 0.2) is 11.5 Å². The fourth-order valence-electron chi connectivity index (χ4n) is 3.78. The van der Waals surface area contributed by atoms with E-state index in [2.05, 4.69) is 37.2 Å². The van der Waals surface area contributed by atoms with E-state index in [1.807, 2.05) is 36.4 Å². The lowest BCUT2D eigenvalue weighted by atomic mass is 9.94. The van der Waals surface area contributed by atoms with Crippen molar-refractivity contribution in [3.8, 4) is 22.6 Å². The first-order valence-corrected chi connectivity index (χ1v) is 12.0. The van der Waals surface area contributed by atoms with Crippen molar-refractivity contribution < 1.29 is 19.1 Å². The van der Waals surface area contributed by atoms with Crippen LogP contribution in [0.3, 0.4) is 0 Å². The van der Waals surface area contributed by atoms with Gasteiger partial charge < -0.3 is 14.8 Å². The van der Waals surface area contributed by atoms with Crippen molar-refractivity contribution >= 4 is 49.5 Å². The smallest absolute Gasteiger partial charge is 0.344 e. The van der Waals surface area contributed by atoms with Gasteiger partial charge in [0.1, 0.15) is 0 Å². The third kappa shape index (κ3) is 4.49. The second-order valence-electron chi connectivity index (χ2n) is 7.62. The Morgan fingerprint density at radius 3 is 2.29 bits per heavy atom. The molecule has 0 radical (unpaired) electrons. The number of hydrogen-bond donors (Lipinski definition) is 1. The number of para-hydroxylation sites is 1. The number of carbonyl (C=O) groups excluding carboxylic acids is 2. The Balaban J connectivity index is 1.56. The number of esters is 2. The lowest BCUT2D eigenvalue weighted by Gasteiger charge is -2.23. The molecule has 7 heteroatoms. The Kier molecular flexibility index (Phi) is 6.22. The minimum absolute atomic E-state index is 0.167. The largest absolute Gasteiger partial charge is 0.419 e. The fourth-order valence-corrected chi connectivity index (χ4v) is 4.62. The van der Waals surface area contributed by atoms with E-state index in [1.165, 1.54) is 0 Å². The lowest BCUT2D eigenvalue weighted by Crippen LogP contribution is -2.15. The maximum atomic E-state index is 12.9. The predicted molar refractivity (Wildman–Crippen MR) is 137 cm³/mol. The van der Waals surface area contributed by atoms with Gasteiger partial charge in [-0.25, -0.2) is 9.59 Å². The van der Waals surface area contributed by atoms with Crippen LogP contribution in [0.4, 0.5) is 5.69 Å². The predicted octanol–water partition coefficient (Wildman–Crippen LogP) is 7.24. The summed E-state index contributed by atoms with van der Waals surface area (Å²) in [6.45, 7) is 0.547. The number of nitrogens with one attached hydrogen (secondary N) is 1. The van der Waals surface area contributed by atoms with Gasteiger partial charge >= 0.3 is 11.9 Å². The molecule has 1 heterocycles. The Bertz CT molecular complexity index is 1430. The molecule has 1 aliphatic heterocycles. The zero-order valence-corrected chi connectivity index (χ0v) is 20.9. The number of ether oxygens (including phenoxy) is 2. The summed E-state index contributed by atoms with van der Waals surface area (Å²) < 4.78 is 12.9. The van der Waals surface area contributed by atoms with E-state index in [0.717, 1.165) is 26.9 Å². The molecule has 0 spiro atoms. The van der Waals surface area contributed by atoms with Gasteiger partial charge in [-0.15, -0.1) is 0 Å². The Morgan fingerprint density at radius 2 is 1.47 bits per heavy atom. The topological polar surface area (TPSA) is 64.6 Å². The molecule has 5 nitrogen and oxygen atoms in total. The molecule has 0 amide bonds. The van der Waals surface area contributed by atoms with Gasteiger partial charge in [0.05, 0.1) is 11.1 Å².